The lowest BCUT2D eigenvalue weighted by Gasteiger charge is -2.50. The summed E-state index contributed by atoms with van der Waals surface area (Å²) in [6.45, 7) is 4.03. The second-order valence-electron chi connectivity index (χ2n) is 44.0. The molecule has 4 aliphatic rings. The minimum absolute atomic E-state index is 0.143. The molecule has 1 aromatic rings. The lowest BCUT2D eigenvalue weighted by atomic mass is 9.72. The molecule has 2 spiro atoms. The molecule has 4 fully saturated rings. The third-order valence-corrected chi connectivity index (χ3v) is 32.4. The largest absolute Gasteiger partial charge is 0.453 e. The number of ether oxygens (including phenoxy) is 5. The third kappa shape index (κ3) is 64.9. The zero-order valence-electron chi connectivity index (χ0n) is 87.4. The fourth-order valence-electron chi connectivity index (χ4n) is 23.3. The molecule has 2 saturated heterocycles. The first kappa shape index (κ1) is 119. The molecule has 0 bridgehead atoms. The van der Waals surface area contributed by atoms with Gasteiger partial charge in [-0.1, -0.05) is 619 Å². The Kier molecular flexibility index (Phi) is 78.6. The van der Waals surface area contributed by atoms with Crippen molar-refractivity contribution in [3.8, 4) is 0 Å². The fourth-order valence-corrected chi connectivity index (χ4v) is 23.6. The number of carbonyl (C=O) groups excluding carboxylic acids is 1. The molecule has 5 rings (SSSR count). The van der Waals surface area contributed by atoms with Crippen molar-refractivity contribution in [2.24, 2.45) is 0 Å². The Labute approximate surface area is 818 Å². The zero-order chi connectivity index (χ0) is 92.1. The van der Waals surface area contributed by atoms with E-state index in [4.69, 9.17) is 23.7 Å². The highest BCUT2D eigenvalue weighted by molar-refractivity contribution is 9.10. The molecular weight excluding hydrogens is 1660 g/mol. The number of methoxy groups -OCH3 is 1. The van der Waals surface area contributed by atoms with Crippen LogP contribution in [0.3, 0.4) is 0 Å². The Bertz CT molecular complexity index is 2540. The molecule has 2 heterocycles. The van der Waals surface area contributed by atoms with Crippen LogP contribution in [0.4, 0.5) is 4.79 Å². The fraction of sp³-hybridized carbons (Fsp3) is 0.942. The van der Waals surface area contributed by atoms with E-state index in [-0.39, 0.29) is 19.3 Å². The van der Waals surface area contributed by atoms with Gasteiger partial charge < -0.3 is 33.9 Å². The van der Waals surface area contributed by atoms with Gasteiger partial charge in [-0.2, -0.15) is 0 Å². The van der Waals surface area contributed by atoms with Gasteiger partial charge in [0.15, 0.2) is 11.6 Å². The van der Waals surface area contributed by atoms with E-state index in [1.165, 1.54) is 546 Å². The van der Waals surface area contributed by atoms with Crippen LogP contribution in [-0.4, -0.2) is 83.6 Å². The zero-order valence-corrected chi connectivity index (χ0v) is 89.0. The highest BCUT2D eigenvalue weighted by Crippen LogP contribution is 2.48. The van der Waals surface area contributed by atoms with E-state index >= 15 is 4.79 Å². The predicted octanol–water partition coefficient (Wildman–Crippen LogP) is 40.3. The van der Waals surface area contributed by atoms with Crippen LogP contribution in [0, 0.1) is 0 Å². The smallest absolute Gasteiger partial charge is 0.410 e. The van der Waals surface area contributed by atoms with Crippen molar-refractivity contribution in [1.82, 2.24) is 4.90 Å². The lowest BCUT2D eigenvalue weighted by molar-refractivity contribution is -0.225. The van der Waals surface area contributed by atoms with Crippen molar-refractivity contribution in [2.75, 3.05) is 33.5 Å². The Hall–Kier alpha value is -1.27. The Morgan fingerprint density at radius 1 is 0.277 bits per heavy atom. The molecule has 2 N–H and O–H groups in total. The van der Waals surface area contributed by atoms with Gasteiger partial charge in [0, 0.05) is 30.2 Å². The van der Waals surface area contributed by atoms with Crippen LogP contribution < -0.4 is 0 Å². The highest BCUT2D eigenvalue weighted by atomic mass is 79.9. The Balaban J connectivity index is 1.29. The van der Waals surface area contributed by atoms with Gasteiger partial charge in [0.2, 0.25) is 0 Å². The maximum absolute atomic E-state index is 15.4. The van der Waals surface area contributed by atoms with Crippen LogP contribution in [0.1, 0.15) is 667 Å². The van der Waals surface area contributed by atoms with Gasteiger partial charge in [0.1, 0.15) is 0 Å². The molecule has 0 radical (unpaired) electrons. The number of carbonyl (C=O) groups is 1. The molecule has 0 aromatic heterocycles. The normalized spacial score (nSPS) is 26.3. The number of hydrogen-bond donors (Lipinski definition) is 2. The number of hydrogen-bond acceptors (Lipinski definition) is 8. The van der Waals surface area contributed by atoms with Gasteiger partial charge in [-0.15, -0.1) is 0 Å². The molecule has 2 aliphatic carbocycles. The number of rotatable bonds is 6. The minimum Gasteiger partial charge on any atom is -0.453 e. The van der Waals surface area contributed by atoms with E-state index in [0.717, 1.165) is 74.2 Å². The summed E-state index contributed by atoms with van der Waals surface area (Å²) < 4.78 is 34.7. The van der Waals surface area contributed by atoms with Crippen molar-refractivity contribution >= 4 is 22.0 Å². The SMILES string of the molecule is COC(=O)N(C(C)c1ccc(Br)cc1)C(CC1(O)CCCCCCCCCCCCCCCCCCCCCCCCCCCCCCCCCCCCCCCCCCCCCCCCCC2(C1)OCCO2)C1(O)CCCCCCCCCCCCCCCCCCCCCCCCCCCCCCCCCCCCCCCCCCCCCCCCCC2(C1)OCCO2. The molecule has 130 heavy (non-hydrogen) atoms. The second-order valence-corrected chi connectivity index (χ2v) is 44.9. The minimum atomic E-state index is -1.54. The summed E-state index contributed by atoms with van der Waals surface area (Å²) in [5.41, 5.74) is -1.97. The number of aliphatic hydroxyl groups is 2. The summed E-state index contributed by atoms with van der Waals surface area (Å²) in [6.07, 6.45) is 130. The molecule has 4 unspecified atom stereocenters. The third-order valence-electron chi connectivity index (χ3n) is 31.9. The summed E-state index contributed by atoms with van der Waals surface area (Å²) in [5, 5.41) is 29.1. The number of benzene rings is 1. The molecule has 10 heteroatoms. The van der Waals surface area contributed by atoms with Crippen LogP contribution in [0.5, 0.6) is 0 Å². The Morgan fingerprint density at radius 3 is 0.638 bits per heavy atom. The van der Waals surface area contributed by atoms with E-state index in [2.05, 4.69) is 47.1 Å². The first-order valence-corrected chi connectivity index (χ1v) is 60.5. The van der Waals surface area contributed by atoms with E-state index in [1.807, 2.05) is 4.90 Å². The highest BCUT2D eigenvalue weighted by Gasteiger charge is 2.55. The summed E-state index contributed by atoms with van der Waals surface area (Å²) in [7, 11) is 1.50. The quantitative estimate of drug-likeness (QED) is 0.290. The van der Waals surface area contributed by atoms with Gasteiger partial charge in [-0.05, 0) is 56.7 Å². The van der Waals surface area contributed by atoms with Crippen molar-refractivity contribution in [2.45, 2.75) is 690 Å². The monoisotopic (exact) mass is 1890 g/mol. The Morgan fingerprint density at radius 2 is 0.446 bits per heavy atom. The maximum Gasteiger partial charge on any atom is 0.410 e. The van der Waals surface area contributed by atoms with E-state index in [9.17, 15) is 10.2 Å². The first-order chi connectivity index (χ1) is 64.1. The number of nitrogens with zero attached hydrogens (tertiary/aromatic N) is 1. The molecule has 9 nitrogen and oxygen atoms in total. The van der Waals surface area contributed by atoms with Gasteiger partial charge in [0.05, 0.1) is 56.8 Å². The van der Waals surface area contributed by atoms with Crippen molar-refractivity contribution in [1.29, 1.82) is 0 Å². The van der Waals surface area contributed by atoms with Gasteiger partial charge in [0.25, 0.3) is 0 Å². The topological polar surface area (TPSA) is 107 Å². The molecule has 764 valence electrons. The summed E-state index contributed by atoms with van der Waals surface area (Å²) in [5.74, 6) is -2.00. The molecular formula is C120H224BrNO8. The second kappa shape index (κ2) is 85.7. The number of halogens is 1. The summed E-state index contributed by atoms with van der Waals surface area (Å²) in [6, 6.07) is 6.92. The van der Waals surface area contributed by atoms with E-state index in [1.54, 1.807) is 0 Å². The maximum atomic E-state index is 15.4. The van der Waals surface area contributed by atoms with Crippen molar-refractivity contribution < 1.29 is 38.7 Å². The molecule has 4 atom stereocenters. The predicted molar refractivity (Wildman–Crippen MR) is 566 cm³/mol. The summed E-state index contributed by atoms with van der Waals surface area (Å²) in [4.78, 5) is 17.3. The van der Waals surface area contributed by atoms with Gasteiger partial charge in [-0.3, -0.25) is 4.90 Å². The standard InChI is InChI=1S/C120H224BrNO8/c1-112(113-97-99-114(121)100-98-113)122(116(123)126-2)115(118(125)102-94-90-86-82-78-74-70-66-62-58-54-50-46-42-38-34-30-26-22-18-14-10-6-4-8-12-16-20-24-28-32-36-40-44-48-52-56-60-64-68-72-76-80-84-88-92-96-104-120(111-118)129-107-108-130-120)109-117(124)101-93-89-85-81-77-73-69-65-61-57-53-49-45-41-37-33-29-25-21-17-13-9-5-3-7-11-15-19-23-27-31-35-39-43-47-51-55-59-63-67-71-75-79-83-87-91-95-103-119(110-117)127-105-106-128-119/h97-100,112,115,124-125H,3-96,101-111H2,1-2H3. The van der Waals surface area contributed by atoms with Crippen LogP contribution in [0.15, 0.2) is 28.7 Å². The average Bonchev–Trinajstić information content (AvgIpc) is 1.16. The van der Waals surface area contributed by atoms with Gasteiger partial charge in [-0.25, -0.2) is 4.79 Å². The van der Waals surface area contributed by atoms with Crippen LogP contribution in [0.25, 0.3) is 0 Å². The average molecular weight is 1890 g/mol. The molecule has 1 aromatic carbocycles. The molecule has 1 amide bonds. The molecule has 2 aliphatic heterocycles. The van der Waals surface area contributed by atoms with Gasteiger partial charge >= 0.3 is 6.09 Å². The lowest BCUT2D eigenvalue weighted by Crippen LogP contribution is -2.61. The first-order valence-electron chi connectivity index (χ1n) is 59.7. The molecule has 2 saturated carbocycles. The number of amides is 1. The van der Waals surface area contributed by atoms with E-state index < -0.39 is 41.0 Å². The summed E-state index contributed by atoms with van der Waals surface area (Å²) >= 11 is 3.74. The van der Waals surface area contributed by atoms with Crippen molar-refractivity contribution in [3.05, 3.63) is 34.3 Å². The van der Waals surface area contributed by atoms with Crippen LogP contribution >= 0.6 is 15.9 Å². The van der Waals surface area contributed by atoms with Crippen LogP contribution in [0.2, 0.25) is 0 Å². The van der Waals surface area contributed by atoms with Crippen molar-refractivity contribution in [3.63, 3.8) is 0 Å². The van der Waals surface area contributed by atoms with E-state index in [0.29, 0.717) is 52.1 Å². The van der Waals surface area contributed by atoms with Crippen LogP contribution in [-0.2, 0) is 23.7 Å².